The van der Waals surface area contributed by atoms with Gasteiger partial charge in [-0.2, -0.15) is 0 Å². The number of piperidine rings is 1. The number of nitrogens with zero attached hydrogens (tertiary/aromatic N) is 1. The van der Waals surface area contributed by atoms with Gasteiger partial charge in [0.05, 0.1) is 18.7 Å². The molecule has 5 heteroatoms. The second-order valence-corrected chi connectivity index (χ2v) is 7.36. The van der Waals surface area contributed by atoms with E-state index in [-0.39, 0.29) is 29.6 Å². The molecule has 2 aliphatic rings. The summed E-state index contributed by atoms with van der Waals surface area (Å²) in [5.74, 6) is -0.559. The maximum Gasteiger partial charge on any atom is 0.310 e. The number of carbonyl (C=O) groups is 2. The second-order valence-electron chi connectivity index (χ2n) is 7.36. The van der Waals surface area contributed by atoms with Gasteiger partial charge in [0.25, 0.3) is 0 Å². The van der Waals surface area contributed by atoms with Gasteiger partial charge < -0.3 is 9.72 Å². The van der Waals surface area contributed by atoms with Gasteiger partial charge in [-0.15, -0.1) is 0 Å². The van der Waals surface area contributed by atoms with E-state index < -0.39 is 0 Å². The zero-order valence-electron chi connectivity index (χ0n) is 15.4. The molecule has 5 nitrogen and oxygen atoms in total. The topological polar surface area (TPSA) is 62.4 Å². The Kier molecular flexibility index (Phi) is 4.19. The maximum atomic E-state index is 13.1. The first-order chi connectivity index (χ1) is 12.5. The molecule has 1 aromatic heterocycles. The highest BCUT2D eigenvalue weighted by Gasteiger charge is 2.46. The predicted octanol–water partition coefficient (Wildman–Crippen LogP) is 2.96. The summed E-state index contributed by atoms with van der Waals surface area (Å²) < 4.78 is 5.14. The molecule has 136 valence electrons. The Hall–Kier alpha value is -2.40. The molecule has 3 unspecified atom stereocenters. The first-order valence-corrected chi connectivity index (χ1v) is 9.11. The number of esters is 1. The summed E-state index contributed by atoms with van der Waals surface area (Å²) in [6.07, 6.45) is 3.05. The van der Waals surface area contributed by atoms with Gasteiger partial charge in [-0.3, -0.25) is 14.5 Å². The van der Waals surface area contributed by atoms with E-state index in [9.17, 15) is 9.59 Å². The van der Waals surface area contributed by atoms with Crippen LogP contribution in [-0.4, -0.2) is 48.4 Å². The summed E-state index contributed by atoms with van der Waals surface area (Å²) in [7, 11) is 3.49. The standard InChI is InChI=1S/C21H24N2O3/c1-4-12-11-23(2)17-9-15-13-7-5-6-8-16(13)22-20(15)18(24)10-14(12)19(17)21(25)26-3/h4-8,14,17,19,22H,9-11H2,1-3H3/b12-4+. The Morgan fingerprint density at radius 1 is 1.31 bits per heavy atom. The number of likely N-dealkylation sites (N-methyl/N-ethyl adjacent to an activating group) is 1. The molecular weight excluding hydrogens is 328 g/mol. The molecule has 0 saturated carbocycles. The van der Waals surface area contributed by atoms with Crippen molar-refractivity contribution in [3.05, 3.63) is 47.2 Å². The van der Waals surface area contributed by atoms with E-state index in [0.29, 0.717) is 18.5 Å². The van der Waals surface area contributed by atoms with Crippen molar-refractivity contribution < 1.29 is 14.3 Å². The van der Waals surface area contributed by atoms with Gasteiger partial charge in [0, 0.05) is 35.8 Å². The van der Waals surface area contributed by atoms with Crippen molar-refractivity contribution in [1.29, 1.82) is 0 Å². The summed E-state index contributed by atoms with van der Waals surface area (Å²) in [5.41, 5.74) is 3.85. The number of ether oxygens (including phenoxy) is 1. The van der Waals surface area contributed by atoms with E-state index in [0.717, 1.165) is 28.6 Å². The van der Waals surface area contributed by atoms with Crippen LogP contribution in [0.3, 0.4) is 0 Å². The number of carbonyl (C=O) groups excluding carboxylic acids is 2. The molecular formula is C21H24N2O3. The van der Waals surface area contributed by atoms with E-state index in [1.165, 1.54) is 7.11 Å². The van der Waals surface area contributed by atoms with Crippen LogP contribution < -0.4 is 0 Å². The van der Waals surface area contributed by atoms with E-state index in [4.69, 9.17) is 4.74 Å². The van der Waals surface area contributed by atoms with Gasteiger partial charge in [0.15, 0.2) is 5.78 Å². The minimum absolute atomic E-state index is 0.0159. The Balaban J connectivity index is 1.91. The molecule has 0 spiro atoms. The number of hydrogen-bond donors (Lipinski definition) is 1. The smallest absolute Gasteiger partial charge is 0.310 e. The van der Waals surface area contributed by atoms with Crippen LogP contribution in [0.4, 0.5) is 0 Å². The van der Waals surface area contributed by atoms with Crippen molar-refractivity contribution in [3.8, 4) is 0 Å². The van der Waals surface area contributed by atoms with Crippen LogP contribution in [-0.2, 0) is 16.0 Å². The number of H-pyrrole nitrogens is 1. The number of allylic oxidation sites excluding steroid dienone is 1. The van der Waals surface area contributed by atoms with E-state index in [1.807, 2.05) is 37.3 Å². The fourth-order valence-corrected chi connectivity index (χ4v) is 4.76. The quantitative estimate of drug-likeness (QED) is 0.633. The minimum Gasteiger partial charge on any atom is -0.469 e. The number of methoxy groups -OCH3 is 1. The van der Waals surface area contributed by atoms with Crippen LogP contribution in [0.25, 0.3) is 10.9 Å². The van der Waals surface area contributed by atoms with Crippen molar-refractivity contribution in [2.75, 3.05) is 20.7 Å². The lowest BCUT2D eigenvalue weighted by molar-refractivity contribution is -0.150. The summed E-state index contributed by atoms with van der Waals surface area (Å²) >= 11 is 0. The predicted molar refractivity (Wildman–Crippen MR) is 100 cm³/mol. The van der Waals surface area contributed by atoms with E-state index in [1.54, 1.807) is 0 Å². The summed E-state index contributed by atoms with van der Waals surface area (Å²) in [6.45, 7) is 2.76. The lowest BCUT2D eigenvalue weighted by atomic mass is 9.70. The normalized spacial score (nSPS) is 27.9. The van der Waals surface area contributed by atoms with E-state index >= 15 is 0 Å². The highest BCUT2D eigenvalue weighted by Crippen LogP contribution is 2.41. The number of para-hydroxylation sites is 1. The zero-order chi connectivity index (χ0) is 18.4. The Bertz CT molecular complexity index is 911. The third kappa shape index (κ3) is 2.50. The first kappa shape index (κ1) is 17.0. The number of Topliss-reactive ketones (excluding diaryl/α,β-unsaturated/α-hetero) is 1. The number of benzene rings is 1. The highest BCUT2D eigenvalue weighted by molar-refractivity contribution is 6.03. The minimum atomic E-state index is -0.323. The molecule has 2 heterocycles. The number of likely N-dealkylation sites (tertiary alicyclic amines) is 1. The van der Waals surface area contributed by atoms with Crippen LogP contribution in [0.15, 0.2) is 35.9 Å². The Morgan fingerprint density at radius 3 is 2.81 bits per heavy atom. The lowest BCUT2D eigenvalue weighted by Crippen LogP contribution is -2.54. The van der Waals surface area contributed by atoms with Crippen molar-refractivity contribution >= 4 is 22.7 Å². The van der Waals surface area contributed by atoms with Crippen LogP contribution >= 0.6 is 0 Å². The molecule has 4 rings (SSSR count). The molecule has 2 aromatic rings. The Morgan fingerprint density at radius 2 is 2.08 bits per heavy atom. The number of fused-ring (bicyclic) bond motifs is 5. The van der Waals surface area contributed by atoms with Gasteiger partial charge in [-0.05, 0) is 32.0 Å². The number of rotatable bonds is 1. The van der Waals surface area contributed by atoms with Crippen molar-refractivity contribution in [3.63, 3.8) is 0 Å². The number of aromatic amines is 1. The average molecular weight is 352 g/mol. The summed E-state index contributed by atoms with van der Waals surface area (Å²) in [4.78, 5) is 31.3. The maximum absolute atomic E-state index is 13.1. The van der Waals surface area contributed by atoms with Crippen molar-refractivity contribution in [2.45, 2.75) is 25.8 Å². The van der Waals surface area contributed by atoms with Gasteiger partial charge in [0.2, 0.25) is 0 Å². The first-order valence-electron chi connectivity index (χ1n) is 9.11. The molecule has 3 atom stereocenters. The third-order valence-corrected chi connectivity index (χ3v) is 6.08. The molecule has 1 fully saturated rings. The van der Waals surface area contributed by atoms with Crippen LogP contribution in [0.2, 0.25) is 0 Å². The van der Waals surface area contributed by atoms with Gasteiger partial charge >= 0.3 is 5.97 Å². The molecule has 1 aliphatic carbocycles. The number of aromatic nitrogens is 1. The fourth-order valence-electron chi connectivity index (χ4n) is 4.76. The molecule has 0 amide bonds. The number of hydrogen-bond acceptors (Lipinski definition) is 4. The molecule has 1 N–H and O–H groups in total. The second kappa shape index (κ2) is 6.40. The van der Waals surface area contributed by atoms with Crippen LogP contribution in [0, 0.1) is 11.8 Å². The van der Waals surface area contributed by atoms with Crippen LogP contribution in [0.5, 0.6) is 0 Å². The Labute approximate surface area is 153 Å². The number of nitrogens with one attached hydrogen (secondary N) is 1. The molecule has 2 bridgehead atoms. The average Bonchev–Trinajstić information content (AvgIpc) is 3.01. The van der Waals surface area contributed by atoms with Gasteiger partial charge in [-0.1, -0.05) is 29.8 Å². The fraction of sp³-hybridized carbons (Fsp3) is 0.429. The van der Waals surface area contributed by atoms with Gasteiger partial charge in [0.1, 0.15) is 0 Å². The summed E-state index contributed by atoms with van der Waals surface area (Å²) in [6, 6.07) is 8.02. The van der Waals surface area contributed by atoms with Crippen molar-refractivity contribution in [2.24, 2.45) is 11.8 Å². The van der Waals surface area contributed by atoms with Crippen LogP contribution in [0.1, 0.15) is 29.4 Å². The third-order valence-electron chi connectivity index (χ3n) is 6.08. The zero-order valence-corrected chi connectivity index (χ0v) is 15.4. The van der Waals surface area contributed by atoms with Gasteiger partial charge in [-0.25, -0.2) is 0 Å². The molecule has 1 aromatic carbocycles. The highest BCUT2D eigenvalue weighted by atomic mass is 16.5. The van der Waals surface area contributed by atoms with Crippen molar-refractivity contribution in [1.82, 2.24) is 9.88 Å². The summed E-state index contributed by atoms with van der Waals surface area (Å²) in [5, 5.41) is 1.07. The molecule has 0 radical (unpaired) electrons. The largest absolute Gasteiger partial charge is 0.469 e. The SMILES string of the molecule is C/C=C1\CN(C)C2Cc3c([nH]c4ccccc34)C(=O)CC1C2C(=O)OC. The molecule has 26 heavy (non-hydrogen) atoms. The van der Waals surface area contributed by atoms with E-state index in [2.05, 4.69) is 16.9 Å². The molecule has 1 aliphatic heterocycles. The monoisotopic (exact) mass is 352 g/mol. The lowest BCUT2D eigenvalue weighted by Gasteiger charge is -2.45. The molecule has 1 saturated heterocycles. The number of ketones is 1.